The van der Waals surface area contributed by atoms with Gasteiger partial charge in [-0.2, -0.15) is 0 Å². The van der Waals surface area contributed by atoms with E-state index in [0.717, 1.165) is 16.5 Å². The number of aromatic nitrogens is 3. The molecule has 3 heterocycles. The molecular weight excluding hydrogens is 343 g/mol. The first kappa shape index (κ1) is 15.7. The van der Waals surface area contributed by atoms with Gasteiger partial charge < -0.3 is 10.3 Å². The molecule has 5 nitrogen and oxygen atoms in total. The van der Waals surface area contributed by atoms with E-state index in [1.54, 1.807) is 12.3 Å². The number of benzene rings is 2. The highest BCUT2D eigenvalue weighted by molar-refractivity contribution is 5.99. The Balaban J connectivity index is 1.61. The lowest BCUT2D eigenvalue weighted by Crippen LogP contribution is -2.12. The molecule has 4 aromatic rings. The molecule has 0 bridgehead atoms. The average molecular weight is 358 g/mol. The smallest absolute Gasteiger partial charge is 0.228 e. The summed E-state index contributed by atoms with van der Waals surface area (Å²) in [5.74, 6) is 0.102. The molecule has 0 radical (unpaired) electrons. The topological polar surface area (TPSA) is 70.7 Å². The number of nitrogens with one attached hydrogen (secondary N) is 2. The third-order valence-electron chi connectivity index (χ3n) is 4.80. The van der Waals surface area contributed by atoms with Crippen LogP contribution >= 0.6 is 0 Å². The summed E-state index contributed by atoms with van der Waals surface area (Å²) in [5.41, 5.74) is 4.60. The number of carbonyl (C=O) groups excluding carboxylic acids is 1. The summed E-state index contributed by atoms with van der Waals surface area (Å²) in [6, 6.07) is 12.4. The SMILES string of the molecule is O=C1Cc2cnc(Cc3c[nH]c4ccccc34)nc2-c2cc(F)ccc2N1. The van der Waals surface area contributed by atoms with E-state index in [0.29, 0.717) is 34.8 Å². The number of H-pyrrole nitrogens is 1. The van der Waals surface area contributed by atoms with Gasteiger partial charge in [-0.1, -0.05) is 18.2 Å². The van der Waals surface area contributed by atoms with E-state index in [9.17, 15) is 9.18 Å². The molecule has 0 saturated carbocycles. The fourth-order valence-electron chi connectivity index (χ4n) is 3.53. The number of para-hydroxylation sites is 1. The molecule has 0 unspecified atom stereocenters. The minimum Gasteiger partial charge on any atom is -0.361 e. The fourth-order valence-corrected chi connectivity index (χ4v) is 3.53. The summed E-state index contributed by atoms with van der Waals surface area (Å²) in [6.07, 6.45) is 4.34. The second kappa shape index (κ2) is 6.02. The van der Waals surface area contributed by atoms with Gasteiger partial charge in [0, 0.05) is 40.8 Å². The molecule has 0 atom stereocenters. The summed E-state index contributed by atoms with van der Waals surface area (Å²) in [4.78, 5) is 24.5. The van der Waals surface area contributed by atoms with Crippen LogP contribution in [0.4, 0.5) is 10.1 Å². The van der Waals surface area contributed by atoms with Crippen LogP contribution in [0.5, 0.6) is 0 Å². The second-order valence-corrected chi connectivity index (χ2v) is 6.61. The molecule has 0 aliphatic carbocycles. The third kappa shape index (κ3) is 2.75. The summed E-state index contributed by atoms with van der Waals surface area (Å²) in [7, 11) is 0. The van der Waals surface area contributed by atoms with Gasteiger partial charge in [-0.3, -0.25) is 4.79 Å². The van der Waals surface area contributed by atoms with Gasteiger partial charge in [-0.25, -0.2) is 14.4 Å². The van der Waals surface area contributed by atoms with Crippen LogP contribution < -0.4 is 5.32 Å². The Kier molecular flexibility index (Phi) is 3.50. The molecule has 2 aromatic carbocycles. The fraction of sp³-hybridized carbons (Fsp3) is 0.0952. The highest BCUT2D eigenvalue weighted by Crippen LogP contribution is 2.33. The first-order chi connectivity index (χ1) is 13.2. The van der Waals surface area contributed by atoms with Crippen molar-refractivity contribution in [1.29, 1.82) is 0 Å². The lowest BCUT2D eigenvalue weighted by atomic mass is 10.0. The molecule has 1 aliphatic rings. The average Bonchev–Trinajstić information content (AvgIpc) is 3.01. The van der Waals surface area contributed by atoms with Gasteiger partial charge in [0.05, 0.1) is 17.8 Å². The summed E-state index contributed by atoms with van der Waals surface area (Å²) in [5, 5.41) is 3.93. The maximum absolute atomic E-state index is 13.8. The van der Waals surface area contributed by atoms with Gasteiger partial charge in [0.25, 0.3) is 0 Å². The zero-order valence-electron chi connectivity index (χ0n) is 14.3. The van der Waals surface area contributed by atoms with Gasteiger partial charge >= 0.3 is 0 Å². The lowest BCUT2D eigenvalue weighted by molar-refractivity contribution is -0.115. The van der Waals surface area contributed by atoms with Crippen LogP contribution in [-0.4, -0.2) is 20.9 Å². The maximum Gasteiger partial charge on any atom is 0.228 e. The highest BCUT2D eigenvalue weighted by Gasteiger charge is 2.21. The molecule has 1 amide bonds. The number of amides is 1. The molecule has 0 spiro atoms. The molecule has 27 heavy (non-hydrogen) atoms. The largest absolute Gasteiger partial charge is 0.361 e. The lowest BCUT2D eigenvalue weighted by Gasteiger charge is -2.09. The highest BCUT2D eigenvalue weighted by atomic mass is 19.1. The standard InChI is InChI=1S/C21H15FN4O/c22-14-5-6-18-16(9-14)21-13(8-20(27)25-18)11-24-19(26-21)7-12-10-23-17-4-2-1-3-15(12)17/h1-6,9-11,23H,7-8H2,(H,25,27). The van der Waals surface area contributed by atoms with Gasteiger partial charge in [-0.15, -0.1) is 0 Å². The molecule has 0 saturated heterocycles. The summed E-state index contributed by atoms with van der Waals surface area (Å²) < 4.78 is 13.8. The minimum atomic E-state index is -0.368. The van der Waals surface area contributed by atoms with Gasteiger partial charge in [0.1, 0.15) is 11.6 Å². The Labute approximate surface area is 154 Å². The van der Waals surface area contributed by atoms with Crippen molar-refractivity contribution in [1.82, 2.24) is 15.0 Å². The zero-order valence-corrected chi connectivity index (χ0v) is 14.3. The number of hydrogen-bond acceptors (Lipinski definition) is 3. The van der Waals surface area contributed by atoms with Crippen molar-refractivity contribution in [3.05, 3.63) is 77.6 Å². The number of anilines is 1. The second-order valence-electron chi connectivity index (χ2n) is 6.61. The Morgan fingerprint density at radius 1 is 1.15 bits per heavy atom. The van der Waals surface area contributed by atoms with Crippen molar-refractivity contribution >= 4 is 22.5 Å². The van der Waals surface area contributed by atoms with Gasteiger partial charge in [0.15, 0.2) is 0 Å². The first-order valence-corrected chi connectivity index (χ1v) is 8.67. The van der Waals surface area contributed by atoms with Crippen LogP contribution in [0.2, 0.25) is 0 Å². The number of nitrogens with zero attached hydrogens (tertiary/aromatic N) is 2. The van der Waals surface area contributed by atoms with E-state index in [2.05, 4.69) is 26.3 Å². The molecule has 132 valence electrons. The van der Waals surface area contributed by atoms with Crippen LogP contribution in [0, 0.1) is 5.82 Å². The maximum atomic E-state index is 13.8. The Hall–Kier alpha value is -3.54. The predicted molar refractivity (Wildman–Crippen MR) is 101 cm³/mol. The Morgan fingerprint density at radius 3 is 2.96 bits per heavy atom. The molecule has 1 aliphatic heterocycles. The molecule has 6 heteroatoms. The van der Waals surface area contributed by atoms with E-state index >= 15 is 0 Å². The van der Waals surface area contributed by atoms with E-state index in [1.165, 1.54) is 12.1 Å². The summed E-state index contributed by atoms with van der Waals surface area (Å²) >= 11 is 0. The zero-order chi connectivity index (χ0) is 18.4. The number of hydrogen-bond donors (Lipinski definition) is 2. The molecule has 2 aromatic heterocycles. The minimum absolute atomic E-state index is 0.158. The number of halogens is 1. The summed E-state index contributed by atoms with van der Waals surface area (Å²) in [6.45, 7) is 0. The normalized spacial score (nSPS) is 13.0. The van der Waals surface area contributed by atoms with Crippen molar-refractivity contribution in [3.8, 4) is 11.3 Å². The van der Waals surface area contributed by atoms with Crippen molar-refractivity contribution in [2.45, 2.75) is 12.8 Å². The van der Waals surface area contributed by atoms with Crippen molar-refractivity contribution in [2.75, 3.05) is 5.32 Å². The van der Waals surface area contributed by atoms with Gasteiger partial charge in [-0.05, 0) is 29.8 Å². The molecule has 2 N–H and O–H groups in total. The van der Waals surface area contributed by atoms with Crippen LogP contribution in [0.3, 0.4) is 0 Å². The Bertz CT molecular complexity index is 1200. The van der Waals surface area contributed by atoms with Crippen molar-refractivity contribution in [3.63, 3.8) is 0 Å². The predicted octanol–water partition coefficient (Wildman–Crippen LogP) is 3.85. The van der Waals surface area contributed by atoms with E-state index in [4.69, 9.17) is 0 Å². The van der Waals surface area contributed by atoms with E-state index in [-0.39, 0.29) is 18.1 Å². The number of fused-ring (bicyclic) bond motifs is 4. The molecular formula is C21H15FN4O. The van der Waals surface area contributed by atoms with Crippen LogP contribution in [-0.2, 0) is 17.6 Å². The van der Waals surface area contributed by atoms with Crippen LogP contribution in [0.1, 0.15) is 17.0 Å². The number of aromatic amines is 1. The number of rotatable bonds is 2. The van der Waals surface area contributed by atoms with E-state index < -0.39 is 0 Å². The van der Waals surface area contributed by atoms with Crippen molar-refractivity contribution < 1.29 is 9.18 Å². The number of carbonyl (C=O) groups is 1. The van der Waals surface area contributed by atoms with E-state index in [1.807, 2.05) is 24.4 Å². The van der Waals surface area contributed by atoms with Crippen LogP contribution in [0.25, 0.3) is 22.2 Å². The first-order valence-electron chi connectivity index (χ1n) is 8.67. The van der Waals surface area contributed by atoms with Crippen LogP contribution in [0.15, 0.2) is 54.9 Å². The van der Waals surface area contributed by atoms with Crippen molar-refractivity contribution in [2.24, 2.45) is 0 Å². The van der Waals surface area contributed by atoms with Gasteiger partial charge in [0.2, 0.25) is 5.91 Å². The molecule has 5 rings (SSSR count). The quantitative estimate of drug-likeness (QED) is 0.572. The third-order valence-corrected chi connectivity index (χ3v) is 4.80. The molecule has 0 fully saturated rings. The monoisotopic (exact) mass is 358 g/mol. The Morgan fingerprint density at radius 2 is 2.04 bits per heavy atom.